The van der Waals surface area contributed by atoms with Gasteiger partial charge in [0.1, 0.15) is 0 Å². The van der Waals surface area contributed by atoms with Crippen molar-refractivity contribution in [1.29, 1.82) is 0 Å². The Balaban J connectivity index is 2.07. The molecule has 0 amide bonds. The number of aromatic nitrogens is 3. The first-order valence-electron chi connectivity index (χ1n) is 5.77. The van der Waals surface area contributed by atoms with E-state index in [0.29, 0.717) is 5.89 Å². The number of nitrogens with zero attached hydrogens (tertiary/aromatic N) is 2. The minimum atomic E-state index is 0.589. The highest BCUT2D eigenvalue weighted by Crippen LogP contribution is 2.26. The molecule has 2 heterocycles. The maximum atomic E-state index is 5.29. The Labute approximate surface area is 98.7 Å². The van der Waals surface area contributed by atoms with Gasteiger partial charge in [-0.2, -0.15) is 4.98 Å². The molecule has 0 atom stereocenters. The SMILES string of the molecule is CCCc1noc(-c2c[nH]c3ccccc23)n1. The lowest BCUT2D eigenvalue weighted by molar-refractivity contribution is 0.422. The molecule has 1 N–H and O–H groups in total. The van der Waals surface area contributed by atoms with E-state index in [0.717, 1.165) is 35.1 Å². The van der Waals surface area contributed by atoms with Gasteiger partial charge in [-0.15, -0.1) is 0 Å². The zero-order chi connectivity index (χ0) is 11.7. The average Bonchev–Trinajstić information content (AvgIpc) is 2.95. The second kappa shape index (κ2) is 4.05. The van der Waals surface area contributed by atoms with Crippen molar-refractivity contribution in [3.8, 4) is 11.5 Å². The van der Waals surface area contributed by atoms with Gasteiger partial charge in [0.25, 0.3) is 5.89 Å². The fourth-order valence-electron chi connectivity index (χ4n) is 1.94. The van der Waals surface area contributed by atoms with E-state index in [1.165, 1.54) is 0 Å². The highest BCUT2D eigenvalue weighted by atomic mass is 16.5. The van der Waals surface area contributed by atoms with E-state index < -0.39 is 0 Å². The van der Waals surface area contributed by atoms with Gasteiger partial charge >= 0.3 is 0 Å². The maximum absolute atomic E-state index is 5.29. The molecule has 4 nitrogen and oxygen atoms in total. The number of aromatic amines is 1. The number of nitrogens with one attached hydrogen (secondary N) is 1. The van der Waals surface area contributed by atoms with E-state index in [1.807, 2.05) is 30.5 Å². The van der Waals surface area contributed by atoms with Gasteiger partial charge in [-0.3, -0.25) is 0 Å². The van der Waals surface area contributed by atoms with Crippen molar-refractivity contribution in [2.75, 3.05) is 0 Å². The van der Waals surface area contributed by atoms with E-state index in [2.05, 4.69) is 22.0 Å². The third-order valence-corrected chi connectivity index (χ3v) is 2.76. The zero-order valence-electron chi connectivity index (χ0n) is 9.60. The van der Waals surface area contributed by atoms with Gasteiger partial charge in [-0.1, -0.05) is 30.3 Å². The van der Waals surface area contributed by atoms with Crippen LogP contribution in [0.1, 0.15) is 19.2 Å². The molecule has 0 unspecified atom stereocenters. The molecule has 4 heteroatoms. The molecular weight excluding hydrogens is 214 g/mol. The number of benzene rings is 1. The largest absolute Gasteiger partial charge is 0.360 e. The predicted octanol–water partition coefficient (Wildman–Crippen LogP) is 3.17. The number of fused-ring (bicyclic) bond motifs is 1. The van der Waals surface area contributed by atoms with Gasteiger partial charge in [-0.25, -0.2) is 0 Å². The van der Waals surface area contributed by atoms with E-state index >= 15 is 0 Å². The number of para-hydroxylation sites is 1. The molecule has 0 aliphatic rings. The topological polar surface area (TPSA) is 54.7 Å². The van der Waals surface area contributed by atoms with E-state index in [4.69, 9.17) is 4.52 Å². The lowest BCUT2D eigenvalue weighted by Crippen LogP contribution is -1.85. The number of H-pyrrole nitrogens is 1. The summed E-state index contributed by atoms with van der Waals surface area (Å²) >= 11 is 0. The first kappa shape index (κ1) is 10.1. The van der Waals surface area contributed by atoms with Crippen LogP contribution in [0.3, 0.4) is 0 Å². The molecule has 2 aromatic heterocycles. The quantitative estimate of drug-likeness (QED) is 0.747. The van der Waals surface area contributed by atoms with Crippen LogP contribution in [0.5, 0.6) is 0 Å². The van der Waals surface area contributed by atoms with Gasteiger partial charge in [0.15, 0.2) is 5.82 Å². The Hall–Kier alpha value is -2.10. The van der Waals surface area contributed by atoms with Crippen LogP contribution in [0.4, 0.5) is 0 Å². The highest BCUT2D eigenvalue weighted by Gasteiger charge is 2.12. The fraction of sp³-hybridized carbons (Fsp3) is 0.231. The Morgan fingerprint density at radius 1 is 1.29 bits per heavy atom. The number of aryl methyl sites for hydroxylation is 1. The molecule has 0 aliphatic heterocycles. The molecule has 1 aromatic carbocycles. The van der Waals surface area contributed by atoms with Crippen molar-refractivity contribution in [2.45, 2.75) is 19.8 Å². The van der Waals surface area contributed by atoms with Crippen LogP contribution < -0.4 is 0 Å². The van der Waals surface area contributed by atoms with Gasteiger partial charge < -0.3 is 9.51 Å². The second-order valence-electron chi connectivity index (χ2n) is 4.01. The lowest BCUT2D eigenvalue weighted by Gasteiger charge is -1.90. The third kappa shape index (κ3) is 1.71. The molecule has 0 saturated carbocycles. The Kier molecular flexibility index (Phi) is 2.40. The van der Waals surface area contributed by atoms with E-state index in [1.54, 1.807) is 0 Å². The molecular formula is C13H13N3O. The van der Waals surface area contributed by atoms with Crippen LogP contribution in [-0.4, -0.2) is 15.1 Å². The minimum Gasteiger partial charge on any atom is -0.360 e. The van der Waals surface area contributed by atoms with E-state index in [-0.39, 0.29) is 0 Å². The number of hydrogen-bond acceptors (Lipinski definition) is 3. The smallest absolute Gasteiger partial charge is 0.260 e. The first-order valence-corrected chi connectivity index (χ1v) is 5.77. The summed E-state index contributed by atoms with van der Waals surface area (Å²) in [6, 6.07) is 8.08. The molecule has 0 radical (unpaired) electrons. The summed E-state index contributed by atoms with van der Waals surface area (Å²) in [7, 11) is 0. The molecule has 3 aromatic rings. The predicted molar refractivity (Wildman–Crippen MR) is 65.6 cm³/mol. The van der Waals surface area contributed by atoms with Gasteiger partial charge in [-0.05, 0) is 12.5 Å². The third-order valence-electron chi connectivity index (χ3n) is 2.76. The first-order chi connectivity index (χ1) is 8.38. The summed E-state index contributed by atoms with van der Waals surface area (Å²) in [5.41, 5.74) is 2.05. The van der Waals surface area contributed by atoms with Crippen molar-refractivity contribution in [3.05, 3.63) is 36.3 Å². The molecule has 17 heavy (non-hydrogen) atoms. The zero-order valence-corrected chi connectivity index (χ0v) is 9.60. The fourth-order valence-corrected chi connectivity index (χ4v) is 1.94. The van der Waals surface area contributed by atoms with Crippen molar-refractivity contribution in [3.63, 3.8) is 0 Å². The van der Waals surface area contributed by atoms with Crippen molar-refractivity contribution in [1.82, 2.24) is 15.1 Å². The van der Waals surface area contributed by atoms with Crippen molar-refractivity contribution >= 4 is 10.9 Å². The molecule has 0 fully saturated rings. The monoisotopic (exact) mass is 227 g/mol. The maximum Gasteiger partial charge on any atom is 0.260 e. The number of hydrogen-bond donors (Lipinski definition) is 1. The van der Waals surface area contributed by atoms with Crippen LogP contribution in [0.2, 0.25) is 0 Å². The summed E-state index contributed by atoms with van der Waals surface area (Å²) in [5.74, 6) is 1.36. The highest BCUT2D eigenvalue weighted by molar-refractivity contribution is 5.93. The number of rotatable bonds is 3. The van der Waals surface area contributed by atoms with Crippen molar-refractivity contribution in [2.24, 2.45) is 0 Å². The second-order valence-corrected chi connectivity index (χ2v) is 4.01. The average molecular weight is 227 g/mol. The Morgan fingerprint density at radius 2 is 2.18 bits per heavy atom. The normalized spacial score (nSPS) is 11.1. The Bertz CT molecular complexity index is 639. The molecule has 86 valence electrons. The molecule has 0 aliphatic carbocycles. The van der Waals surface area contributed by atoms with Crippen LogP contribution in [0.25, 0.3) is 22.4 Å². The van der Waals surface area contributed by atoms with Crippen LogP contribution >= 0.6 is 0 Å². The standard InChI is InChI=1S/C13H13N3O/c1-2-5-12-15-13(17-16-12)10-8-14-11-7-4-3-6-9(10)11/h3-4,6-8,14H,2,5H2,1H3. The van der Waals surface area contributed by atoms with Crippen LogP contribution in [-0.2, 0) is 6.42 Å². The summed E-state index contributed by atoms with van der Waals surface area (Å²) in [6.45, 7) is 2.10. The van der Waals surface area contributed by atoms with Gasteiger partial charge in [0.05, 0.1) is 5.56 Å². The summed E-state index contributed by atoms with van der Waals surface area (Å²) in [6.07, 6.45) is 3.78. The lowest BCUT2D eigenvalue weighted by atomic mass is 10.2. The molecule has 0 saturated heterocycles. The molecule has 0 spiro atoms. The Morgan fingerprint density at radius 3 is 3.06 bits per heavy atom. The van der Waals surface area contributed by atoms with E-state index in [9.17, 15) is 0 Å². The van der Waals surface area contributed by atoms with Gasteiger partial charge in [0, 0.05) is 23.5 Å². The minimum absolute atomic E-state index is 0.589. The van der Waals surface area contributed by atoms with Crippen LogP contribution in [0.15, 0.2) is 35.0 Å². The summed E-state index contributed by atoms with van der Waals surface area (Å²) < 4.78 is 5.29. The summed E-state index contributed by atoms with van der Waals surface area (Å²) in [5, 5.41) is 5.08. The molecule has 3 rings (SSSR count). The molecule has 0 bridgehead atoms. The van der Waals surface area contributed by atoms with Gasteiger partial charge in [0.2, 0.25) is 0 Å². The van der Waals surface area contributed by atoms with Crippen molar-refractivity contribution < 1.29 is 4.52 Å². The van der Waals surface area contributed by atoms with Crippen LogP contribution in [0, 0.1) is 0 Å². The summed E-state index contributed by atoms with van der Waals surface area (Å²) in [4.78, 5) is 7.59.